The number of aromatic nitrogens is 4. The van der Waals surface area contributed by atoms with Gasteiger partial charge in [-0.15, -0.1) is 0 Å². The number of amides is 1. The van der Waals surface area contributed by atoms with E-state index in [0.717, 1.165) is 11.4 Å². The average Bonchev–Trinajstić information content (AvgIpc) is 2.96. The van der Waals surface area contributed by atoms with Crippen molar-refractivity contribution >= 4 is 11.9 Å². The van der Waals surface area contributed by atoms with Gasteiger partial charge in [-0.2, -0.15) is 10.2 Å². The Morgan fingerprint density at radius 3 is 2.71 bits per heavy atom. The summed E-state index contributed by atoms with van der Waals surface area (Å²) < 4.78 is 3.02. The Morgan fingerprint density at radius 2 is 2.10 bits per heavy atom. The lowest BCUT2D eigenvalue weighted by Gasteiger charge is -2.05. The number of hydrogen-bond acceptors (Lipinski definition) is 4. The topological polar surface area (TPSA) is 102 Å². The van der Waals surface area contributed by atoms with E-state index in [1.165, 1.54) is 16.9 Å². The predicted octanol–water partition coefficient (Wildman–Crippen LogP) is 0.211. The lowest BCUT2D eigenvalue weighted by molar-refractivity contribution is -0.137. The van der Waals surface area contributed by atoms with E-state index in [2.05, 4.69) is 15.5 Å². The number of rotatable bonds is 6. The molecule has 2 heterocycles. The molecule has 8 nitrogen and oxygen atoms in total. The molecule has 2 N–H and O–H groups in total. The number of carbonyl (C=O) groups is 2. The van der Waals surface area contributed by atoms with Crippen LogP contribution in [-0.2, 0) is 17.9 Å². The fourth-order valence-electron chi connectivity index (χ4n) is 1.98. The molecule has 0 aliphatic heterocycles. The average molecular weight is 291 g/mol. The Morgan fingerprint density at radius 1 is 1.33 bits per heavy atom. The maximum atomic E-state index is 11.9. The van der Waals surface area contributed by atoms with Crippen LogP contribution >= 0.6 is 0 Å². The third-order valence-electron chi connectivity index (χ3n) is 2.88. The minimum Gasteiger partial charge on any atom is -0.480 e. The number of carbonyl (C=O) groups excluding carboxylic acids is 1. The highest BCUT2D eigenvalue weighted by molar-refractivity contribution is 5.92. The van der Waals surface area contributed by atoms with Crippen molar-refractivity contribution in [2.45, 2.75) is 26.9 Å². The van der Waals surface area contributed by atoms with E-state index in [0.29, 0.717) is 13.1 Å². The van der Waals surface area contributed by atoms with Crippen molar-refractivity contribution in [2.75, 3.05) is 6.54 Å². The summed E-state index contributed by atoms with van der Waals surface area (Å²) in [5.41, 5.74) is 2.17. The van der Waals surface area contributed by atoms with Crippen LogP contribution < -0.4 is 5.32 Å². The van der Waals surface area contributed by atoms with E-state index in [9.17, 15) is 9.59 Å². The maximum Gasteiger partial charge on any atom is 0.325 e. The van der Waals surface area contributed by atoms with Crippen molar-refractivity contribution in [2.24, 2.45) is 0 Å². The Bertz CT molecular complexity index is 659. The van der Waals surface area contributed by atoms with Crippen LogP contribution in [0.4, 0.5) is 0 Å². The first-order valence-electron chi connectivity index (χ1n) is 6.50. The van der Waals surface area contributed by atoms with E-state index in [-0.39, 0.29) is 18.1 Å². The zero-order valence-electron chi connectivity index (χ0n) is 11.9. The molecule has 112 valence electrons. The summed E-state index contributed by atoms with van der Waals surface area (Å²) in [5.74, 6) is -1.34. The van der Waals surface area contributed by atoms with Gasteiger partial charge in [-0.05, 0) is 26.0 Å². The molecule has 8 heteroatoms. The normalized spacial score (nSPS) is 10.6. The SMILES string of the molecule is Cc1cc(C)n(CCNC(=O)c2ccn(CC(=O)O)n2)n1. The first kappa shape index (κ1) is 14.8. The minimum absolute atomic E-state index is 0.199. The molecule has 0 aliphatic carbocycles. The highest BCUT2D eigenvalue weighted by Gasteiger charge is 2.10. The van der Waals surface area contributed by atoms with Crippen LogP contribution in [0, 0.1) is 13.8 Å². The molecule has 0 aromatic carbocycles. The second kappa shape index (κ2) is 6.21. The fourth-order valence-corrected chi connectivity index (χ4v) is 1.98. The van der Waals surface area contributed by atoms with E-state index in [4.69, 9.17) is 5.11 Å². The van der Waals surface area contributed by atoms with Gasteiger partial charge in [0.15, 0.2) is 0 Å². The molecule has 0 atom stereocenters. The second-order valence-electron chi connectivity index (χ2n) is 4.70. The largest absolute Gasteiger partial charge is 0.480 e. The number of carboxylic acid groups (broad SMARTS) is 1. The van der Waals surface area contributed by atoms with Crippen molar-refractivity contribution in [1.82, 2.24) is 24.9 Å². The van der Waals surface area contributed by atoms with Crippen molar-refractivity contribution in [3.05, 3.63) is 35.4 Å². The van der Waals surface area contributed by atoms with Gasteiger partial charge in [0.2, 0.25) is 0 Å². The third kappa shape index (κ3) is 3.91. The molecule has 0 fully saturated rings. The van der Waals surface area contributed by atoms with Gasteiger partial charge in [0, 0.05) is 18.4 Å². The van der Waals surface area contributed by atoms with Gasteiger partial charge in [0.05, 0.1) is 12.2 Å². The summed E-state index contributed by atoms with van der Waals surface area (Å²) in [4.78, 5) is 22.4. The third-order valence-corrected chi connectivity index (χ3v) is 2.88. The second-order valence-corrected chi connectivity index (χ2v) is 4.70. The Balaban J connectivity index is 1.85. The summed E-state index contributed by atoms with van der Waals surface area (Å²) in [7, 11) is 0. The maximum absolute atomic E-state index is 11.9. The standard InChI is InChI=1S/C13H17N5O3/c1-9-7-10(2)18(15-9)6-4-14-13(21)11-3-5-17(16-11)8-12(19)20/h3,5,7H,4,6,8H2,1-2H3,(H,14,21)(H,19,20). The van der Waals surface area contributed by atoms with Crippen LogP contribution in [0.5, 0.6) is 0 Å². The molecular weight excluding hydrogens is 274 g/mol. The number of aryl methyl sites for hydroxylation is 2. The number of carboxylic acids is 1. The van der Waals surface area contributed by atoms with Crippen LogP contribution in [0.3, 0.4) is 0 Å². The smallest absolute Gasteiger partial charge is 0.325 e. The summed E-state index contributed by atoms with van der Waals surface area (Å²) in [6, 6.07) is 3.46. The van der Waals surface area contributed by atoms with Crippen molar-refractivity contribution in [3.63, 3.8) is 0 Å². The molecule has 0 saturated carbocycles. The Kier molecular flexibility index (Phi) is 4.36. The number of aliphatic carboxylic acids is 1. The first-order chi connectivity index (χ1) is 9.95. The van der Waals surface area contributed by atoms with Gasteiger partial charge in [0.25, 0.3) is 5.91 Å². The summed E-state index contributed by atoms with van der Waals surface area (Å²) >= 11 is 0. The molecule has 0 bridgehead atoms. The van der Waals surface area contributed by atoms with Crippen LogP contribution in [0.2, 0.25) is 0 Å². The quantitative estimate of drug-likeness (QED) is 0.792. The lowest BCUT2D eigenvalue weighted by atomic mass is 10.4. The number of hydrogen-bond donors (Lipinski definition) is 2. The van der Waals surface area contributed by atoms with Gasteiger partial charge in [-0.25, -0.2) is 0 Å². The van der Waals surface area contributed by atoms with Gasteiger partial charge in [-0.3, -0.25) is 19.0 Å². The molecule has 2 aromatic heterocycles. The summed E-state index contributed by atoms with van der Waals surface area (Å²) in [5, 5.41) is 19.6. The lowest BCUT2D eigenvalue weighted by Crippen LogP contribution is -2.28. The van der Waals surface area contributed by atoms with Crippen LogP contribution in [-0.4, -0.2) is 43.1 Å². The molecule has 0 unspecified atom stereocenters. The van der Waals surface area contributed by atoms with Gasteiger partial charge in [0.1, 0.15) is 12.2 Å². The predicted molar refractivity (Wildman–Crippen MR) is 73.9 cm³/mol. The van der Waals surface area contributed by atoms with Gasteiger partial charge >= 0.3 is 5.97 Å². The monoisotopic (exact) mass is 291 g/mol. The van der Waals surface area contributed by atoms with Crippen molar-refractivity contribution in [3.8, 4) is 0 Å². The summed E-state index contributed by atoms with van der Waals surface area (Å²) in [6.07, 6.45) is 1.46. The molecule has 0 radical (unpaired) electrons. The Labute approximate surface area is 121 Å². The van der Waals surface area contributed by atoms with E-state index in [1.807, 2.05) is 24.6 Å². The van der Waals surface area contributed by atoms with Gasteiger partial charge < -0.3 is 10.4 Å². The highest BCUT2D eigenvalue weighted by Crippen LogP contribution is 2.01. The number of nitrogens with zero attached hydrogens (tertiary/aromatic N) is 4. The van der Waals surface area contributed by atoms with E-state index < -0.39 is 5.97 Å². The highest BCUT2D eigenvalue weighted by atomic mass is 16.4. The zero-order chi connectivity index (χ0) is 15.4. The zero-order valence-corrected chi connectivity index (χ0v) is 11.9. The number of nitrogens with one attached hydrogen (secondary N) is 1. The van der Waals surface area contributed by atoms with Crippen molar-refractivity contribution < 1.29 is 14.7 Å². The molecule has 0 aliphatic rings. The van der Waals surface area contributed by atoms with Crippen LogP contribution in [0.1, 0.15) is 21.9 Å². The minimum atomic E-state index is -1.01. The molecule has 2 aromatic rings. The first-order valence-corrected chi connectivity index (χ1v) is 6.50. The fraction of sp³-hybridized carbons (Fsp3) is 0.385. The van der Waals surface area contributed by atoms with Crippen LogP contribution in [0.25, 0.3) is 0 Å². The summed E-state index contributed by atoms with van der Waals surface area (Å²) in [6.45, 7) is 4.60. The van der Waals surface area contributed by atoms with E-state index >= 15 is 0 Å². The molecular formula is C13H17N5O3. The van der Waals surface area contributed by atoms with Crippen LogP contribution in [0.15, 0.2) is 18.3 Å². The molecule has 0 saturated heterocycles. The Hall–Kier alpha value is -2.64. The van der Waals surface area contributed by atoms with Gasteiger partial charge in [-0.1, -0.05) is 0 Å². The molecule has 2 rings (SSSR count). The van der Waals surface area contributed by atoms with E-state index in [1.54, 1.807) is 0 Å². The van der Waals surface area contributed by atoms with Crippen molar-refractivity contribution in [1.29, 1.82) is 0 Å². The molecule has 21 heavy (non-hydrogen) atoms. The molecule has 1 amide bonds. The molecule has 0 spiro atoms.